The van der Waals surface area contributed by atoms with Crippen LogP contribution in [0.15, 0.2) is 53.8 Å². The van der Waals surface area contributed by atoms with E-state index in [0.717, 1.165) is 15.2 Å². The second kappa shape index (κ2) is 12.3. The Morgan fingerprint density at radius 2 is 1.74 bits per heavy atom. The number of hydrazone groups is 1. The zero-order valence-electron chi connectivity index (χ0n) is 16.2. The first-order chi connectivity index (χ1) is 14.7. The van der Waals surface area contributed by atoms with Crippen molar-refractivity contribution in [1.29, 1.82) is 0 Å². The third-order valence-corrected chi connectivity index (χ3v) is 6.48. The van der Waals surface area contributed by atoms with E-state index in [-0.39, 0.29) is 0 Å². The fourth-order valence-electron chi connectivity index (χ4n) is 1.83. The van der Waals surface area contributed by atoms with E-state index in [1.165, 1.54) is 12.3 Å². The molecule has 13 heteroatoms. The summed E-state index contributed by atoms with van der Waals surface area (Å²) in [4.78, 5) is 7.50. The minimum Gasteiger partial charge on any atom is -0.325 e. The Bertz CT molecular complexity index is 1090. The van der Waals surface area contributed by atoms with Gasteiger partial charge in [-0.3, -0.25) is 4.68 Å². The lowest BCUT2D eigenvalue weighted by atomic mass is 10.4. The van der Waals surface area contributed by atoms with Gasteiger partial charge in [-0.05, 0) is 51.2 Å². The van der Waals surface area contributed by atoms with E-state index >= 15 is 0 Å². The van der Waals surface area contributed by atoms with Crippen LogP contribution in [0.1, 0.15) is 0 Å². The fraction of sp³-hybridized carbons (Fsp3) is 0.111. The summed E-state index contributed by atoms with van der Waals surface area (Å²) in [5.41, 5.74) is 5.31. The van der Waals surface area contributed by atoms with E-state index in [9.17, 15) is 4.39 Å². The van der Waals surface area contributed by atoms with E-state index in [0.29, 0.717) is 19.4 Å². The summed E-state index contributed by atoms with van der Waals surface area (Å²) >= 11 is 15.5. The van der Waals surface area contributed by atoms with Crippen molar-refractivity contribution < 1.29 is 4.39 Å². The Morgan fingerprint density at radius 1 is 1.10 bits per heavy atom. The van der Waals surface area contributed by atoms with Gasteiger partial charge in [-0.25, -0.2) is 9.97 Å². The standard InChI is InChI=1S/C9H8ClIN4.C5H2ClFIN.C4H6N3/c1-15-9(2-3-13-15)14-8-4-7(11)6(10)5-12-8;6-3-2-9-5(7)1-4(3)8;1-7-4(5)2-3-6-7/h2-5H,1H3,(H,12,14);1-2H;2H,5H2,1H3/q;;+1. The van der Waals surface area contributed by atoms with Crippen molar-refractivity contribution in [3.8, 4) is 0 Å². The van der Waals surface area contributed by atoms with Crippen LogP contribution in [-0.4, -0.2) is 38.0 Å². The average Bonchev–Trinajstić information content (AvgIpc) is 3.30. The number of hydrogen-bond donors (Lipinski definition) is 2. The van der Waals surface area contributed by atoms with Gasteiger partial charge in [0, 0.05) is 43.8 Å². The van der Waals surface area contributed by atoms with Gasteiger partial charge in [0.1, 0.15) is 11.6 Å². The summed E-state index contributed by atoms with van der Waals surface area (Å²) in [7, 11) is 3.63. The maximum Gasteiger partial charge on any atom is 0.269 e. The molecule has 3 aromatic heterocycles. The van der Waals surface area contributed by atoms with Gasteiger partial charge >= 0.3 is 0 Å². The van der Waals surface area contributed by atoms with Gasteiger partial charge in [-0.1, -0.05) is 23.2 Å². The number of hydrogen-bond acceptors (Lipinski definition) is 7. The molecule has 3 N–H and O–H groups in total. The maximum absolute atomic E-state index is 12.2. The molecule has 0 aromatic carbocycles. The number of nitrogens with two attached hydrogens (primary N) is 1. The summed E-state index contributed by atoms with van der Waals surface area (Å²) in [5, 5.41) is 13.6. The maximum atomic E-state index is 12.2. The second-order valence-corrected chi connectivity index (χ2v) is 8.83. The highest BCUT2D eigenvalue weighted by Gasteiger charge is 2.12. The molecule has 0 amide bonds. The van der Waals surface area contributed by atoms with Gasteiger partial charge in [-0.15, -0.1) is 5.01 Å². The van der Waals surface area contributed by atoms with Crippen molar-refractivity contribution in [2.24, 2.45) is 17.9 Å². The normalized spacial score (nSPS) is 11.6. The summed E-state index contributed by atoms with van der Waals surface area (Å²) in [5.74, 6) is 1.79. The van der Waals surface area contributed by atoms with Gasteiger partial charge in [0.15, 0.2) is 0 Å². The molecule has 0 unspecified atom stereocenters. The highest BCUT2D eigenvalue weighted by molar-refractivity contribution is 14.1. The number of nitrogens with one attached hydrogen (secondary N) is 1. The highest BCUT2D eigenvalue weighted by atomic mass is 127. The number of anilines is 2. The van der Waals surface area contributed by atoms with Gasteiger partial charge in [0.05, 0.1) is 23.3 Å². The van der Waals surface area contributed by atoms with Crippen LogP contribution in [0, 0.1) is 13.1 Å². The molecule has 0 atom stereocenters. The lowest BCUT2D eigenvalue weighted by molar-refractivity contribution is 0.455. The summed E-state index contributed by atoms with van der Waals surface area (Å²) in [6.07, 6.45) is 8.85. The average molecular weight is 688 g/mol. The first-order valence-corrected chi connectivity index (χ1v) is 11.3. The molecule has 0 fully saturated rings. The number of pyridine rings is 2. The quantitative estimate of drug-likeness (QED) is 0.226. The van der Waals surface area contributed by atoms with Gasteiger partial charge in [-0.2, -0.15) is 9.49 Å². The molecule has 0 spiro atoms. The van der Waals surface area contributed by atoms with Crippen LogP contribution in [0.2, 0.25) is 10.0 Å². The monoisotopic (exact) mass is 687 g/mol. The molecular weight excluding hydrogens is 672 g/mol. The minimum absolute atomic E-state index is 0.483. The third-order valence-electron chi connectivity index (χ3n) is 3.45. The molecule has 31 heavy (non-hydrogen) atoms. The van der Waals surface area contributed by atoms with E-state index in [2.05, 4.69) is 54.3 Å². The molecule has 1 aliphatic rings. The zero-order valence-corrected chi connectivity index (χ0v) is 22.0. The van der Waals surface area contributed by atoms with E-state index in [1.54, 1.807) is 35.2 Å². The predicted molar refractivity (Wildman–Crippen MR) is 138 cm³/mol. The van der Waals surface area contributed by atoms with Gasteiger partial charge < -0.3 is 11.1 Å². The third kappa shape index (κ3) is 8.33. The van der Waals surface area contributed by atoms with Crippen molar-refractivity contribution in [3.05, 3.63) is 71.8 Å². The molecule has 0 radical (unpaired) electrons. The van der Waals surface area contributed by atoms with Crippen LogP contribution in [-0.2, 0) is 7.05 Å². The lowest BCUT2D eigenvalue weighted by Gasteiger charge is -2.06. The summed E-state index contributed by atoms with van der Waals surface area (Å²) in [6, 6.07) is 5.04. The Morgan fingerprint density at radius 3 is 2.16 bits per heavy atom. The molecule has 0 saturated carbocycles. The molecule has 162 valence electrons. The number of aryl methyl sites for hydroxylation is 1. The minimum atomic E-state index is -0.496. The Hall–Kier alpha value is -1.80. The summed E-state index contributed by atoms with van der Waals surface area (Å²) in [6.45, 7) is 0. The van der Waals surface area contributed by atoms with Crippen molar-refractivity contribution in [2.75, 3.05) is 12.4 Å². The Labute approximate surface area is 216 Å². The molecule has 4 rings (SSSR count). The Kier molecular flexibility index (Phi) is 10.1. The number of nitrogens with zero attached hydrogens (tertiary/aromatic N) is 6. The molecule has 8 nitrogen and oxygen atoms in total. The van der Waals surface area contributed by atoms with Crippen LogP contribution >= 0.6 is 68.4 Å². The largest absolute Gasteiger partial charge is 0.325 e. The van der Waals surface area contributed by atoms with Crippen LogP contribution in [0.5, 0.6) is 0 Å². The van der Waals surface area contributed by atoms with Crippen molar-refractivity contribution in [2.45, 2.75) is 0 Å². The fourth-order valence-corrected chi connectivity index (χ4v) is 2.87. The van der Waals surface area contributed by atoms with Crippen LogP contribution in [0.3, 0.4) is 0 Å². The molecule has 4 heterocycles. The Balaban J connectivity index is 0.000000181. The van der Waals surface area contributed by atoms with Crippen LogP contribution in [0.25, 0.3) is 0 Å². The topological polar surface area (TPSA) is 97.2 Å². The molecule has 0 aliphatic carbocycles. The smallest absolute Gasteiger partial charge is 0.269 e. The predicted octanol–water partition coefficient (Wildman–Crippen LogP) is 4.89. The number of rotatable bonds is 2. The molecule has 1 aliphatic heterocycles. The highest BCUT2D eigenvalue weighted by Crippen LogP contribution is 2.21. The SMILES string of the molecule is CN1N=[C+]C=C1N.Cn1nccc1Nc1cc(I)c(Cl)cn1.Fc1cc(I)c(Cl)cn1. The van der Waals surface area contributed by atoms with Gasteiger partial charge in [0.2, 0.25) is 18.2 Å². The second-order valence-electron chi connectivity index (χ2n) is 5.69. The van der Waals surface area contributed by atoms with E-state index in [4.69, 9.17) is 28.9 Å². The first-order valence-electron chi connectivity index (χ1n) is 8.35. The number of halogens is 5. The van der Waals surface area contributed by atoms with Crippen LogP contribution in [0.4, 0.5) is 16.0 Å². The van der Waals surface area contributed by atoms with Crippen molar-refractivity contribution in [1.82, 2.24) is 24.8 Å². The van der Waals surface area contributed by atoms with E-state index in [1.807, 2.05) is 41.8 Å². The summed E-state index contributed by atoms with van der Waals surface area (Å²) < 4.78 is 15.6. The molecule has 3 aromatic rings. The number of aromatic nitrogens is 4. The molecule has 0 saturated heterocycles. The van der Waals surface area contributed by atoms with E-state index < -0.39 is 5.95 Å². The zero-order chi connectivity index (χ0) is 23.0. The molecule has 0 bridgehead atoms. The number of allylic oxidation sites excluding steroid dienone is 1. The first kappa shape index (κ1) is 25.5. The van der Waals surface area contributed by atoms with Crippen LogP contribution < -0.4 is 11.1 Å². The lowest BCUT2D eigenvalue weighted by Crippen LogP contribution is -2.13. The van der Waals surface area contributed by atoms with Gasteiger partial charge in [0.25, 0.3) is 5.82 Å². The molecular formula is C18H16Cl2FI2N8+. The van der Waals surface area contributed by atoms with Crippen molar-refractivity contribution >= 4 is 86.2 Å². The van der Waals surface area contributed by atoms with Crippen molar-refractivity contribution in [3.63, 3.8) is 0 Å².